The van der Waals surface area contributed by atoms with Crippen LogP contribution in [0, 0.1) is 24.0 Å². The summed E-state index contributed by atoms with van der Waals surface area (Å²) in [5.74, 6) is -0.237. The number of benzene rings is 1. The van der Waals surface area contributed by atoms with E-state index in [1.807, 2.05) is 19.9 Å². The normalized spacial score (nSPS) is 10.7. The zero-order valence-corrected chi connectivity index (χ0v) is 13.8. The van der Waals surface area contributed by atoms with Crippen LogP contribution in [0.1, 0.15) is 21.7 Å². The fourth-order valence-corrected chi connectivity index (χ4v) is 2.52. The van der Waals surface area contributed by atoms with Gasteiger partial charge in [0, 0.05) is 17.5 Å². The van der Waals surface area contributed by atoms with E-state index in [1.54, 1.807) is 4.52 Å². The Hall–Kier alpha value is -3.49. The average molecular weight is 341 g/mol. The zero-order valence-electron chi connectivity index (χ0n) is 13.8. The maximum atomic E-state index is 12.6. The number of carbonyl (C=O) groups excluding carboxylic acids is 1. The van der Waals surface area contributed by atoms with E-state index >= 15 is 0 Å². The monoisotopic (exact) mass is 341 g/mol. The number of fused-ring (bicyclic) bond motifs is 1. The van der Waals surface area contributed by atoms with Crippen LogP contribution in [0.15, 0.2) is 30.5 Å². The molecule has 0 saturated heterocycles. The smallest absolute Gasteiger partial charge is 0.273 e. The molecular weight excluding hydrogens is 326 g/mol. The molecule has 0 atom stereocenters. The lowest BCUT2D eigenvalue weighted by Gasteiger charge is -2.09. The summed E-state index contributed by atoms with van der Waals surface area (Å²) < 4.78 is 6.70. The van der Waals surface area contributed by atoms with Gasteiger partial charge in [0.25, 0.3) is 11.6 Å². The Morgan fingerprint density at radius 3 is 2.76 bits per heavy atom. The first-order chi connectivity index (χ1) is 11.9. The molecule has 1 amide bonds. The quantitative estimate of drug-likeness (QED) is 0.576. The minimum Gasteiger partial charge on any atom is -0.494 e. The van der Waals surface area contributed by atoms with E-state index in [0.29, 0.717) is 16.9 Å². The van der Waals surface area contributed by atoms with Crippen molar-refractivity contribution in [1.29, 1.82) is 0 Å². The summed E-state index contributed by atoms with van der Waals surface area (Å²) in [6, 6.07) is 5.82. The molecule has 0 aliphatic heterocycles. The maximum absolute atomic E-state index is 12.6. The lowest BCUT2D eigenvalue weighted by atomic mass is 10.2. The molecule has 0 saturated carbocycles. The zero-order chi connectivity index (χ0) is 18.1. The van der Waals surface area contributed by atoms with E-state index < -0.39 is 10.8 Å². The molecule has 3 rings (SSSR count). The van der Waals surface area contributed by atoms with Gasteiger partial charge in [0.05, 0.1) is 30.0 Å². The second kappa shape index (κ2) is 6.19. The van der Waals surface area contributed by atoms with Crippen LogP contribution in [0.2, 0.25) is 0 Å². The first-order valence-corrected chi connectivity index (χ1v) is 7.36. The molecule has 128 valence electrons. The Bertz CT molecular complexity index is 996. The number of aryl methyl sites for hydroxylation is 2. The molecule has 1 aromatic carbocycles. The molecule has 2 heterocycles. The summed E-state index contributed by atoms with van der Waals surface area (Å²) in [4.78, 5) is 27.3. The maximum Gasteiger partial charge on any atom is 0.273 e. The number of non-ortho nitro benzene ring substituents is 1. The molecule has 9 heteroatoms. The van der Waals surface area contributed by atoms with Crippen molar-refractivity contribution in [2.24, 2.45) is 0 Å². The van der Waals surface area contributed by atoms with Crippen LogP contribution in [0.3, 0.4) is 0 Å². The number of nitrogens with one attached hydrogen (secondary N) is 1. The van der Waals surface area contributed by atoms with Gasteiger partial charge in [-0.1, -0.05) is 0 Å². The van der Waals surface area contributed by atoms with Crippen molar-refractivity contribution in [3.05, 3.63) is 57.5 Å². The highest BCUT2D eigenvalue weighted by Crippen LogP contribution is 2.29. The molecule has 25 heavy (non-hydrogen) atoms. The number of rotatable bonds is 4. The van der Waals surface area contributed by atoms with E-state index in [9.17, 15) is 14.9 Å². The Balaban J connectivity index is 1.97. The molecule has 0 bridgehead atoms. The van der Waals surface area contributed by atoms with Crippen molar-refractivity contribution >= 4 is 22.9 Å². The van der Waals surface area contributed by atoms with Gasteiger partial charge in [-0.2, -0.15) is 5.10 Å². The second-order valence-electron chi connectivity index (χ2n) is 5.43. The Kier molecular flexibility index (Phi) is 4.05. The van der Waals surface area contributed by atoms with Crippen molar-refractivity contribution in [2.75, 3.05) is 12.4 Å². The number of ether oxygens (including phenoxy) is 1. The van der Waals surface area contributed by atoms with Gasteiger partial charge in [-0.05, 0) is 26.0 Å². The van der Waals surface area contributed by atoms with E-state index in [4.69, 9.17) is 4.74 Å². The minimum absolute atomic E-state index is 0.126. The number of hydrogen-bond acceptors (Lipinski definition) is 6. The Morgan fingerprint density at radius 1 is 1.32 bits per heavy atom. The van der Waals surface area contributed by atoms with Gasteiger partial charge in [-0.3, -0.25) is 14.9 Å². The molecule has 0 fully saturated rings. The van der Waals surface area contributed by atoms with E-state index in [1.165, 1.54) is 31.5 Å². The highest BCUT2D eigenvalue weighted by Gasteiger charge is 2.18. The summed E-state index contributed by atoms with van der Waals surface area (Å²) in [5.41, 5.74) is 2.56. The summed E-state index contributed by atoms with van der Waals surface area (Å²) in [7, 11) is 1.37. The predicted octanol–water partition coefficient (Wildman–Crippen LogP) is 2.52. The molecular formula is C16H15N5O4. The van der Waals surface area contributed by atoms with Crippen LogP contribution in [0.25, 0.3) is 5.65 Å². The SMILES string of the molecule is COc1cc([N+](=O)[O-])ccc1NC(=O)c1cnn2c(C)cc(C)nc12. The van der Waals surface area contributed by atoms with Gasteiger partial charge in [0.1, 0.15) is 11.3 Å². The van der Waals surface area contributed by atoms with Gasteiger partial charge >= 0.3 is 0 Å². The molecule has 1 N–H and O–H groups in total. The highest BCUT2D eigenvalue weighted by molar-refractivity contribution is 6.08. The number of methoxy groups -OCH3 is 1. The van der Waals surface area contributed by atoms with Gasteiger partial charge in [0.15, 0.2) is 5.65 Å². The van der Waals surface area contributed by atoms with E-state index in [-0.39, 0.29) is 11.4 Å². The molecule has 3 aromatic rings. The van der Waals surface area contributed by atoms with Crippen molar-refractivity contribution in [3.63, 3.8) is 0 Å². The van der Waals surface area contributed by atoms with Gasteiger partial charge in [-0.15, -0.1) is 0 Å². The summed E-state index contributed by atoms with van der Waals surface area (Å²) in [6.07, 6.45) is 1.43. The number of nitro benzene ring substituents is 1. The topological polar surface area (TPSA) is 112 Å². The molecule has 0 aliphatic carbocycles. The molecule has 0 unspecified atom stereocenters. The number of nitrogens with zero attached hydrogens (tertiary/aromatic N) is 4. The van der Waals surface area contributed by atoms with Crippen LogP contribution in [-0.4, -0.2) is 32.5 Å². The lowest BCUT2D eigenvalue weighted by molar-refractivity contribution is -0.384. The third-order valence-corrected chi connectivity index (χ3v) is 3.67. The second-order valence-corrected chi connectivity index (χ2v) is 5.43. The van der Waals surface area contributed by atoms with E-state index in [0.717, 1.165) is 11.4 Å². The van der Waals surface area contributed by atoms with Gasteiger partial charge in [0.2, 0.25) is 0 Å². The standard InChI is InChI=1S/C16H15N5O4/c1-9-6-10(2)20-15(18-9)12(8-17-20)16(22)19-13-5-4-11(21(23)24)7-14(13)25-3/h4-8H,1-3H3,(H,19,22). The third kappa shape index (κ3) is 2.99. The number of amides is 1. The average Bonchev–Trinajstić information content (AvgIpc) is 2.99. The number of nitro groups is 1. The molecule has 9 nitrogen and oxygen atoms in total. The third-order valence-electron chi connectivity index (χ3n) is 3.67. The first kappa shape index (κ1) is 16.4. The number of carbonyl (C=O) groups is 1. The highest BCUT2D eigenvalue weighted by atomic mass is 16.6. The molecule has 2 aromatic heterocycles. The summed E-state index contributed by atoms with van der Waals surface area (Å²) in [6.45, 7) is 3.71. The van der Waals surface area contributed by atoms with E-state index in [2.05, 4.69) is 15.4 Å². The Morgan fingerprint density at radius 2 is 2.08 bits per heavy atom. The van der Waals surface area contributed by atoms with Crippen LogP contribution in [0.4, 0.5) is 11.4 Å². The van der Waals surface area contributed by atoms with Crippen LogP contribution in [-0.2, 0) is 0 Å². The fraction of sp³-hybridized carbons (Fsp3) is 0.188. The van der Waals surface area contributed by atoms with Crippen molar-refractivity contribution < 1.29 is 14.5 Å². The van der Waals surface area contributed by atoms with Crippen molar-refractivity contribution in [3.8, 4) is 5.75 Å². The van der Waals surface area contributed by atoms with Crippen LogP contribution >= 0.6 is 0 Å². The molecule has 0 aliphatic rings. The molecule has 0 radical (unpaired) electrons. The Labute approximate surface area is 142 Å². The van der Waals surface area contributed by atoms with Crippen LogP contribution in [0.5, 0.6) is 5.75 Å². The largest absolute Gasteiger partial charge is 0.494 e. The first-order valence-electron chi connectivity index (χ1n) is 7.36. The number of aromatic nitrogens is 3. The fourth-order valence-electron chi connectivity index (χ4n) is 2.52. The summed E-state index contributed by atoms with van der Waals surface area (Å²) >= 11 is 0. The van der Waals surface area contributed by atoms with Crippen LogP contribution < -0.4 is 10.1 Å². The van der Waals surface area contributed by atoms with Gasteiger partial charge < -0.3 is 10.1 Å². The van der Waals surface area contributed by atoms with Gasteiger partial charge in [-0.25, -0.2) is 9.50 Å². The summed E-state index contributed by atoms with van der Waals surface area (Å²) in [5, 5.41) is 17.7. The number of hydrogen-bond donors (Lipinski definition) is 1. The van der Waals surface area contributed by atoms with Crippen molar-refractivity contribution in [1.82, 2.24) is 14.6 Å². The predicted molar refractivity (Wildman–Crippen MR) is 90.1 cm³/mol. The van der Waals surface area contributed by atoms with Crippen molar-refractivity contribution in [2.45, 2.75) is 13.8 Å². The lowest BCUT2D eigenvalue weighted by Crippen LogP contribution is -2.13. The molecule has 0 spiro atoms. The number of anilines is 1. The minimum atomic E-state index is -0.533.